The van der Waals surface area contributed by atoms with Gasteiger partial charge in [0.2, 0.25) is 5.91 Å². The van der Waals surface area contributed by atoms with Gasteiger partial charge in [0.25, 0.3) is 0 Å². The quantitative estimate of drug-likeness (QED) is 0.895. The standard InChI is InChI=1S/C16H23NO3.2C2H6/c1-11(2)9-15(18)17-12(3)20-16(19)14(17)10-13-7-5-4-6-8-13;2*1-2/h4-8,11-12,14,16,19H,9-10H2,1-3H3;2*1-2H3/t12-,14+,16-;;/m1../s1. The zero-order valence-corrected chi connectivity index (χ0v) is 16.3. The first-order chi connectivity index (χ1) is 11.5. The molecule has 0 saturated carbocycles. The molecule has 1 saturated heterocycles. The predicted molar refractivity (Wildman–Crippen MR) is 99.5 cm³/mol. The van der Waals surface area contributed by atoms with Crippen LogP contribution in [0, 0.1) is 5.92 Å². The van der Waals surface area contributed by atoms with Crippen molar-refractivity contribution in [2.45, 2.75) is 79.9 Å². The summed E-state index contributed by atoms with van der Waals surface area (Å²) >= 11 is 0. The van der Waals surface area contributed by atoms with Gasteiger partial charge in [0, 0.05) is 6.42 Å². The van der Waals surface area contributed by atoms with Gasteiger partial charge in [-0.3, -0.25) is 4.79 Å². The van der Waals surface area contributed by atoms with Gasteiger partial charge >= 0.3 is 0 Å². The third-order valence-corrected chi connectivity index (χ3v) is 3.57. The number of aliphatic hydroxyl groups excluding tert-OH is 1. The zero-order valence-electron chi connectivity index (χ0n) is 16.3. The van der Waals surface area contributed by atoms with E-state index < -0.39 is 6.29 Å². The summed E-state index contributed by atoms with van der Waals surface area (Å²) in [5.41, 5.74) is 1.09. The van der Waals surface area contributed by atoms with E-state index in [0.717, 1.165) is 5.56 Å². The molecule has 24 heavy (non-hydrogen) atoms. The summed E-state index contributed by atoms with van der Waals surface area (Å²) in [6.45, 7) is 13.8. The average Bonchev–Trinajstić information content (AvgIpc) is 2.85. The van der Waals surface area contributed by atoms with Crippen LogP contribution >= 0.6 is 0 Å². The van der Waals surface area contributed by atoms with Crippen molar-refractivity contribution in [3.05, 3.63) is 35.9 Å². The van der Waals surface area contributed by atoms with Crippen molar-refractivity contribution in [2.24, 2.45) is 5.92 Å². The molecular formula is C20H35NO3. The lowest BCUT2D eigenvalue weighted by Gasteiger charge is -2.27. The second-order valence-electron chi connectivity index (χ2n) is 5.78. The Bertz CT molecular complexity index is 447. The molecule has 3 atom stereocenters. The number of hydrogen-bond acceptors (Lipinski definition) is 3. The van der Waals surface area contributed by atoms with E-state index in [4.69, 9.17) is 4.74 Å². The topological polar surface area (TPSA) is 49.8 Å². The molecule has 1 amide bonds. The van der Waals surface area contributed by atoms with Crippen LogP contribution in [0.5, 0.6) is 0 Å². The summed E-state index contributed by atoms with van der Waals surface area (Å²) in [6, 6.07) is 9.57. The fraction of sp³-hybridized carbons (Fsp3) is 0.650. The third kappa shape index (κ3) is 6.62. The summed E-state index contributed by atoms with van der Waals surface area (Å²) < 4.78 is 5.42. The highest BCUT2D eigenvalue weighted by atomic mass is 16.6. The Morgan fingerprint density at radius 1 is 1.17 bits per heavy atom. The molecule has 2 rings (SSSR count). The van der Waals surface area contributed by atoms with Gasteiger partial charge in [0.05, 0.1) is 6.04 Å². The number of carbonyl (C=O) groups is 1. The molecule has 4 heteroatoms. The van der Waals surface area contributed by atoms with Crippen molar-refractivity contribution in [3.63, 3.8) is 0 Å². The van der Waals surface area contributed by atoms with Gasteiger partial charge in [-0.1, -0.05) is 71.9 Å². The Balaban J connectivity index is 0.00000123. The Kier molecular flexibility index (Phi) is 11.3. The molecule has 0 spiro atoms. The van der Waals surface area contributed by atoms with Crippen molar-refractivity contribution in [1.29, 1.82) is 0 Å². The van der Waals surface area contributed by atoms with Gasteiger partial charge in [0.15, 0.2) is 6.29 Å². The van der Waals surface area contributed by atoms with E-state index in [9.17, 15) is 9.90 Å². The van der Waals surface area contributed by atoms with Gasteiger partial charge in [-0.05, 0) is 24.8 Å². The summed E-state index contributed by atoms with van der Waals surface area (Å²) in [5.74, 6) is 0.342. The molecule has 1 aliphatic rings. The second-order valence-corrected chi connectivity index (χ2v) is 5.78. The number of amides is 1. The first-order valence-electron chi connectivity index (χ1n) is 9.17. The molecule has 0 radical (unpaired) electrons. The molecule has 1 aromatic carbocycles. The second kappa shape index (κ2) is 12.0. The van der Waals surface area contributed by atoms with Crippen LogP contribution in [0.15, 0.2) is 30.3 Å². The SMILES string of the molecule is CC.CC.CC(C)CC(=O)N1[C@@H](C)O[C@@H](O)[C@@H]1Cc1ccccc1. The van der Waals surface area contributed by atoms with Crippen LogP contribution in [0.2, 0.25) is 0 Å². The highest BCUT2D eigenvalue weighted by Gasteiger charge is 2.41. The largest absolute Gasteiger partial charge is 0.366 e. The monoisotopic (exact) mass is 337 g/mol. The lowest BCUT2D eigenvalue weighted by Crippen LogP contribution is -2.44. The number of rotatable bonds is 4. The van der Waals surface area contributed by atoms with E-state index in [2.05, 4.69) is 0 Å². The van der Waals surface area contributed by atoms with Crippen LogP contribution < -0.4 is 0 Å². The number of benzene rings is 1. The summed E-state index contributed by atoms with van der Waals surface area (Å²) in [5, 5.41) is 10.1. The molecule has 0 unspecified atom stereocenters. The minimum atomic E-state index is -0.915. The molecule has 1 aromatic rings. The molecular weight excluding hydrogens is 302 g/mol. The summed E-state index contributed by atoms with van der Waals surface area (Å²) in [4.78, 5) is 14.0. The lowest BCUT2D eigenvalue weighted by molar-refractivity contribution is -0.138. The zero-order chi connectivity index (χ0) is 18.7. The third-order valence-electron chi connectivity index (χ3n) is 3.57. The van der Waals surface area contributed by atoms with Crippen LogP contribution in [0.1, 0.15) is 60.5 Å². The van der Waals surface area contributed by atoms with E-state index >= 15 is 0 Å². The Morgan fingerprint density at radius 2 is 1.71 bits per heavy atom. The molecule has 1 N–H and O–H groups in total. The molecule has 1 heterocycles. The lowest BCUT2D eigenvalue weighted by atomic mass is 10.0. The first kappa shape index (κ1) is 22.6. The molecule has 1 aliphatic heterocycles. The van der Waals surface area contributed by atoms with Gasteiger partial charge in [0.1, 0.15) is 6.23 Å². The Morgan fingerprint density at radius 3 is 2.21 bits per heavy atom. The van der Waals surface area contributed by atoms with E-state index in [1.165, 1.54) is 0 Å². The van der Waals surface area contributed by atoms with Crippen LogP contribution in [0.25, 0.3) is 0 Å². The average molecular weight is 338 g/mol. The number of carbonyl (C=O) groups excluding carboxylic acids is 1. The fourth-order valence-electron chi connectivity index (χ4n) is 2.66. The minimum absolute atomic E-state index is 0.0463. The van der Waals surface area contributed by atoms with Crippen molar-refractivity contribution < 1.29 is 14.6 Å². The van der Waals surface area contributed by atoms with Gasteiger partial charge in [-0.15, -0.1) is 0 Å². The van der Waals surface area contributed by atoms with Crippen LogP contribution in [-0.4, -0.2) is 34.5 Å². The van der Waals surface area contributed by atoms with Crippen molar-refractivity contribution >= 4 is 5.91 Å². The van der Waals surface area contributed by atoms with E-state index in [1.54, 1.807) is 4.90 Å². The minimum Gasteiger partial charge on any atom is -0.366 e. The Labute approximate surface area is 147 Å². The van der Waals surface area contributed by atoms with Gasteiger partial charge < -0.3 is 14.7 Å². The smallest absolute Gasteiger partial charge is 0.225 e. The van der Waals surface area contributed by atoms with Crippen molar-refractivity contribution in [1.82, 2.24) is 4.90 Å². The van der Waals surface area contributed by atoms with E-state index in [1.807, 2.05) is 78.8 Å². The number of ether oxygens (including phenoxy) is 1. The summed E-state index contributed by atoms with van der Waals surface area (Å²) in [6.07, 6.45) is -0.201. The molecule has 138 valence electrons. The number of aliphatic hydroxyl groups is 1. The summed E-state index contributed by atoms with van der Waals surface area (Å²) in [7, 11) is 0. The van der Waals surface area contributed by atoms with E-state index in [0.29, 0.717) is 18.8 Å². The van der Waals surface area contributed by atoms with Crippen molar-refractivity contribution in [2.75, 3.05) is 0 Å². The maximum Gasteiger partial charge on any atom is 0.225 e. The Hall–Kier alpha value is -1.39. The number of hydrogen-bond donors (Lipinski definition) is 1. The maximum atomic E-state index is 12.3. The highest BCUT2D eigenvalue weighted by Crippen LogP contribution is 2.26. The molecule has 1 fully saturated rings. The van der Waals surface area contributed by atoms with Gasteiger partial charge in [-0.2, -0.15) is 0 Å². The normalized spacial score (nSPS) is 22.4. The number of nitrogens with zero attached hydrogens (tertiary/aromatic N) is 1. The van der Waals surface area contributed by atoms with Crippen molar-refractivity contribution in [3.8, 4) is 0 Å². The van der Waals surface area contributed by atoms with Gasteiger partial charge in [-0.25, -0.2) is 0 Å². The maximum absolute atomic E-state index is 12.3. The molecule has 0 bridgehead atoms. The molecule has 4 nitrogen and oxygen atoms in total. The highest BCUT2D eigenvalue weighted by molar-refractivity contribution is 5.77. The fourth-order valence-corrected chi connectivity index (χ4v) is 2.66. The predicted octanol–water partition coefficient (Wildman–Crippen LogP) is 4.22. The van der Waals surface area contributed by atoms with Crippen LogP contribution in [-0.2, 0) is 16.0 Å². The molecule has 0 aromatic heterocycles. The van der Waals surface area contributed by atoms with Crippen LogP contribution in [0.3, 0.4) is 0 Å². The van der Waals surface area contributed by atoms with Crippen LogP contribution in [0.4, 0.5) is 0 Å². The van der Waals surface area contributed by atoms with E-state index in [-0.39, 0.29) is 18.2 Å². The first-order valence-corrected chi connectivity index (χ1v) is 9.17. The molecule has 0 aliphatic carbocycles.